The minimum absolute atomic E-state index is 0.794. The van der Waals surface area contributed by atoms with Crippen molar-refractivity contribution >= 4 is 102 Å². The Morgan fingerprint density at radius 1 is 0.129 bits per heavy atom. The van der Waals surface area contributed by atoms with E-state index >= 15 is 0 Å². The van der Waals surface area contributed by atoms with Gasteiger partial charge >= 0.3 is 0 Å². The first-order chi connectivity index (χ1) is 72.1. The van der Waals surface area contributed by atoms with Crippen molar-refractivity contribution in [3.8, 4) is 101 Å². The third-order valence-corrected chi connectivity index (χ3v) is 27.3. The van der Waals surface area contributed by atoms with Crippen LogP contribution in [0.1, 0.15) is 54.2 Å². The van der Waals surface area contributed by atoms with E-state index in [2.05, 4.69) is 471 Å². The van der Waals surface area contributed by atoms with Crippen LogP contribution in [0.4, 0.5) is 102 Å². The van der Waals surface area contributed by atoms with Gasteiger partial charge in [0.05, 0.1) is 42.7 Å². The number of anilines is 18. The molecule has 0 spiro atoms. The van der Waals surface area contributed by atoms with Crippen molar-refractivity contribution in [1.29, 1.82) is 0 Å². The van der Waals surface area contributed by atoms with Gasteiger partial charge in [0, 0.05) is 102 Å². The van der Waals surface area contributed by atoms with Crippen LogP contribution in [0.2, 0.25) is 0 Å². The van der Waals surface area contributed by atoms with E-state index in [0.717, 1.165) is 223 Å². The van der Waals surface area contributed by atoms with Crippen molar-refractivity contribution in [1.82, 2.24) is 0 Å². The summed E-state index contributed by atoms with van der Waals surface area (Å²) in [5, 5.41) is 0. The first kappa shape index (κ1) is 97.8. The number of ether oxygens (including phenoxy) is 6. The molecule has 0 aliphatic carbocycles. The van der Waals surface area contributed by atoms with Gasteiger partial charge in [0.2, 0.25) is 0 Å². The summed E-state index contributed by atoms with van der Waals surface area (Å²) in [6.45, 7) is 13.0. The average Bonchev–Trinajstić information content (AvgIpc) is 0.788. The van der Waals surface area contributed by atoms with Crippen LogP contribution < -0.4 is 57.8 Å². The van der Waals surface area contributed by atoms with E-state index in [1.54, 1.807) is 42.7 Å². The molecule has 12 nitrogen and oxygen atoms in total. The van der Waals surface area contributed by atoms with Crippen LogP contribution in [0.15, 0.2) is 473 Å². The topological polar surface area (TPSA) is 74.8 Å². The summed E-state index contributed by atoms with van der Waals surface area (Å²) in [6.07, 6.45) is 3.02. The quantitative estimate of drug-likeness (QED) is 0.0393. The Bertz CT molecular complexity index is 6830. The molecule has 20 rings (SSSR count). The van der Waals surface area contributed by atoms with E-state index in [0.29, 0.717) is 0 Å². The predicted molar refractivity (Wildman–Crippen MR) is 615 cm³/mol. The molecule has 20 aromatic carbocycles. The Kier molecular flexibility index (Phi) is 30.3. The molecule has 0 aromatic heterocycles. The summed E-state index contributed by atoms with van der Waals surface area (Å²) >= 11 is 0. The van der Waals surface area contributed by atoms with Crippen LogP contribution >= 0.6 is 0 Å². The minimum atomic E-state index is 0.794. The standard InChI is InChI=1S/C69H63N3.C66H57N3O6/c1-7-52-16-34-64(35-17-52)70(61-28-10-49(4)11-29-61)67-40-22-55(23-41-67)58-46-59(56-24-42-68(43-25-56)71(62-30-12-50(5)13-31-62)65-36-18-53(8-2)19-37-65)48-60(47-58)57-26-44-69(45-27-57)72(63-32-14-51(6)15-33-63)66-38-20-54(9-3)21-39-66;1-70-61-31-19-55(20-32-61)67(56-21-33-62(71-2)34-22-56)52-13-7-46(8-14-52)49-43-50(47-9-15-53(16-10-47)68(57-23-35-63(72-3)36-24-57)58-25-37-64(73-4)38-26-58)45-51(44-49)48-11-17-54(18-12-48)69(59-27-39-65(74-5)40-28-59)60-29-41-66(75-6)42-30-60/h10-48H,7-9H2,1-6H3;7-45H,1-6H3. The SMILES string of the molecule is CCc1ccc(N(c2ccc(C)cc2)c2ccc(-c3cc(-c4ccc(N(c5ccc(C)cc5)c5ccc(CC)cc5)cc4)cc(-c4ccc(N(c5ccc(C)cc5)c5ccc(CC)cc5)cc4)c3)cc2)cc1.COc1ccc(N(c2ccc(OC)cc2)c2ccc(-c3cc(-c4ccc(N(c5ccc(OC)cc5)c5ccc(OC)cc5)cc4)cc(-c4ccc(N(c5ccc(OC)cc5)c5ccc(OC)cc5)cc4)c3)cc2)cc1. The number of nitrogens with zero attached hydrogens (tertiary/aromatic N) is 6. The first-order valence-corrected chi connectivity index (χ1v) is 50.1. The minimum Gasteiger partial charge on any atom is -0.497 e. The highest BCUT2D eigenvalue weighted by atomic mass is 16.5. The molecule has 0 unspecified atom stereocenters. The lowest BCUT2D eigenvalue weighted by molar-refractivity contribution is 0.414. The van der Waals surface area contributed by atoms with Crippen molar-refractivity contribution in [2.75, 3.05) is 72.1 Å². The zero-order valence-electron chi connectivity index (χ0n) is 85.3. The largest absolute Gasteiger partial charge is 0.497 e. The second-order valence-corrected chi connectivity index (χ2v) is 36.6. The second kappa shape index (κ2) is 45.5. The molecule has 0 atom stereocenters. The summed E-state index contributed by atoms with van der Waals surface area (Å²) < 4.78 is 33.1. The van der Waals surface area contributed by atoms with Gasteiger partial charge < -0.3 is 57.8 Å². The average molecular weight is 1920 g/mol. The van der Waals surface area contributed by atoms with Gasteiger partial charge in [0.25, 0.3) is 0 Å². The van der Waals surface area contributed by atoms with Crippen molar-refractivity contribution in [3.63, 3.8) is 0 Å². The highest BCUT2D eigenvalue weighted by Crippen LogP contribution is 2.48. The lowest BCUT2D eigenvalue weighted by Gasteiger charge is -2.26. The molecule has 0 amide bonds. The summed E-state index contributed by atoms with van der Waals surface area (Å²) in [5.74, 6) is 4.76. The molecule has 0 heterocycles. The van der Waals surface area contributed by atoms with Crippen LogP contribution in [0.25, 0.3) is 66.8 Å². The molecular formula is C135H120N6O6. The first-order valence-electron chi connectivity index (χ1n) is 50.1. The zero-order chi connectivity index (χ0) is 101. The van der Waals surface area contributed by atoms with E-state index in [1.807, 2.05) is 72.8 Å². The van der Waals surface area contributed by atoms with Crippen molar-refractivity contribution < 1.29 is 28.4 Å². The molecule has 147 heavy (non-hydrogen) atoms. The fraction of sp³-hybridized carbons (Fsp3) is 0.111. The van der Waals surface area contributed by atoms with Crippen LogP contribution in [-0.4, -0.2) is 42.7 Å². The molecular weight excluding hydrogens is 1800 g/mol. The van der Waals surface area contributed by atoms with Gasteiger partial charge in [-0.15, -0.1) is 0 Å². The summed E-state index contributed by atoms with van der Waals surface area (Å²) in [7, 11) is 10.1. The number of hydrogen-bond donors (Lipinski definition) is 0. The second-order valence-electron chi connectivity index (χ2n) is 36.6. The van der Waals surface area contributed by atoms with Gasteiger partial charge in [-0.3, -0.25) is 0 Å². The van der Waals surface area contributed by atoms with Gasteiger partial charge in [-0.25, -0.2) is 0 Å². The number of aryl methyl sites for hydroxylation is 6. The molecule has 0 N–H and O–H groups in total. The van der Waals surface area contributed by atoms with Crippen molar-refractivity contribution in [2.24, 2.45) is 0 Å². The molecule has 0 saturated heterocycles. The Hall–Kier alpha value is -18.0. The van der Waals surface area contributed by atoms with Crippen molar-refractivity contribution in [3.05, 3.63) is 507 Å². The molecule has 0 bridgehead atoms. The fourth-order valence-electron chi connectivity index (χ4n) is 18.9. The van der Waals surface area contributed by atoms with Gasteiger partial charge in [0.1, 0.15) is 34.5 Å². The van der Waals surface area contributed by atoms with Crippen LogP contribution in [0.5, 0.6) is 34.5 Å². The maximum Gasteiger partial charge on any atom is 0.119 e. The van der Waals surface area contributed by atoms with Crippen molar-refractivity contribution in [2.45, 2.75) is 60.8 Å². The maximum absolute atomic E-state index is 5.52. The van der Waals surface area contributed by atoms with E-state index in [9.17, 15) is 0 Å². The van der Waals surface area contributed by atoms with Gasteiger partial charge in [-0.05, 0) is 451 Å². The van der Waals surface area contributed by atoms with E-state index < -0.39 is 0 Å². The monoisotopic (exact) mass is 1920 g/mol. The Balaban J connectivity index is 0.000000185. The molecule has 0 fully saturated rings. The number of benzene rings is 20. The summed E-state index contributed by atoms with van der Waals surface area (Å²) in [4.78, 5) is 13.7. The molecule has 12 heteroatoms. The summed E-state index contributed by atoms with van der Waals surface area (Å²) in [6, 6.07) is 169. The molecule has 0 aliphatic rings. The lowest BCUT2D eigenvalue weighted by Crippen LogP contribution is -2.10. The molecule has 20 aromatic rings. The van der Waals surface area contributed by atoms with Gasteiger partial charge in [-0.2, -0.15) is 0 Å². The third-order valence-electron chi connectivity index (χ3n) is 27.3. The van der Waals surface area contributed by atoms with E-state index in [4.69, 9.17) is 28.4 Å². The van der Waals surface area contributed by atoms with Gasteiger partial charge in [0.15, 0.2) is 0 Å². The molecule has 0 saturated carbocycles. The predicted octanol–water partition coefficient (Wildman–Crippen LogP) is 36.9. The highest BCUT2D eigenvalue weighted by molar-refractivity contribution is 5.91. The van der Waals surface area contributed by atoms with E-state index in [-0.39, 0.29) is 0 Å². The maximum atomic E-state index is 5.52. The Morgan fingerprint density at radius 3 is 0.340 bits per heavy atom. The fourth-order valence-corrected chi connectivity index (χ4v) is 18.9. The highest BCUT2D eigenvalue weighted by Gasteiger charge is 2.24. The zero-order valence-corrected chi connectivity index (χ0v) is 85.3. The normalized spacial score (nSPS) is 10.9. The lowest BCUT2D eigenvalue weighted by atomic mass is 9.93. The smallest absolute Gasteiger partial charge is 0.119 e. The summed E-state index contributed by atoms with van der Waals surface area (Å²) in [5.41, 5.74) is 40.3. The Labute approximate surface area is 865 Å². The Morgan fingerprint density at radius 2 is 0.231 bits per heavy atom. The van der Waals surface area contributed by atoms with Gasteiger partial charge in [-0.1, -0.05) is 183 Å². The van der Waals surface area contributed by atoms with E-state index in [1.165, 1.54) is 33.4 Å². The van der Waals surface area contributed by atoms with Crippen LogP contribution in [-0.2, 0) is 19.3 Å². The number of methoxy groups -OCH3 is 6. The molecule has 726 valence electrons. The third kappa shape index (κ3) is 22.6. The van der Waals surface area contributed by atoms with Crippen LogP contribution in [0.3, 0.4) is 0 Å². The molecule has 0 aliphatic heterocycles. The number of rotatable bonds is 33. The van der Waals surface area contributed by atoms with Crippen LogP contribution in [0, 0.1) is 20.8 Å². The molecule has 0 radical (unpaired) electrons. The number of hydrogen-bond acceptors (Lipinski definition) is 12.